The summed E-state index contributed by atoms with van der Waals surface area (Å²) in [5.41, 5.74) is -20.8. The Morgan fingerprint density at radius 2 is 0.578 bits per heavy atom. The Hall–Kier alpha value is -2.24. The topological polar surface area (TPSA) is 255 Å². The fourth-order valence-corrected chi connectivity index (χ4v) is 1.03. The molecule has 0 bridgehead atoms. The van der Waals surface area contributed by atoms with Gasteiger partial charge in [0.25, 0.3) is 0 Å². The standard InChI is InChI=1S/C10H8N2.4CHF3O3S.Re/c1-3-7-11-9(5-1)10-6-2-4-8-12-10;4*2-1(3,4)8(5,6)7;/h1-8H;4*(H,5,6,7);/p-4. The van der Waals surface area contributed by atoms with Gasteiger partial charge in [0.1, 0.15) is 0 Å². The van der Waals surface area contributed by atoms with Crippen molar-refractivity contribution in [3.05, 3.63) is 48.8 Å². The molecule has 0 atom stereocenters. The summed E-state index contributed by atoms with van der Waals surface area (Å²) in [6.45, 7) is 0. The number of nitrogens with zero attached hydrogens (tertiary/aromatic N) is 2. The van der Waals surface area contributed by atoms with Crippen LogP contribution in [0.4, 0.5) is 52.7 Å². The van der Waals surface area contributed by atoms with Gasteiger partial charge in [-0.1, -0.05) is 12.1 Å². The van der Waals surface area contributed by atoms with Crippen LogP contribution in [0, 0.1) is 0 Å². The molecule has 2 aromatic heterocycles. The minimum absolute atomic E-state index is 0. The quantitative estimate of drug-likeness (QED) is 0.226. The molecule has 2 aromatic rings. The van der Waals surface area contributed by atoms with Crippen LogP contribution in [-0.2, 0) is 60.9 Å². The molecule has 0 aliphatic carbocycles. The first-order valence-corrected chi connectivity index (χ1v) is 14.5. The maximum Gasteiger partial charge on any atom is 0.485 e. The molecule has 0 aliphatic rings. The maximum absolute atomic E-state index is 10.7. The first-order valence-electron chi connectivity index (χ1n) is 8.88. The second-order valence-electron chi connectivity index (χ2n) is 6.03. The van der Waals surface area contributed by atoms with Crippen molar-refractivity contribution in [1.82, 2.24) is 9.97 Å². The van der Waals surface area contributed by atoms with E-state index in [1.54, 1.807) is 12.4 Å². The third kappa shape index (κ3) is 22.8. The van der Waals surface area contributed by atoms with E-state index in [2.05, 4.69) is 9.97 Å². The van der Waals surface area contributed by atoms with Crippen LogP contribution in [0.25, 0.3) is 11.4 Å². The third-order valence-corrected chi connectivity index (χ3v) is 4.99. The average molecular weight is 939 g/mol. The molecule has 2 rings (SSSR count). The molecule has 0 spiro atoms. The molecule has 0 saturated carbocycles. The molecule has 0 fully saturated rings. The smallest absolute Gasteiger partial charge is 0.485 e. The fourth-order valence-electron chi connectivity index (χ4n) is 1.03. The second-order valence-corrected chi connectivity index (χ2v) is 11.5. The van der Waals surface area contributed by atoms with Gasteiger partial charge in [-0.05, 0) is 24.3 Å². The molecular formula is C14H8F12N2O12ReS4-4. The van der Waals surface area contributed by atoms with Gasteiger partial charge < -0.3 is 18.2 Å². The number of halogens is 12. The second kappa shape index (κ2) is 18.2. The van der Waals surface area contributed by atoms with E-state index in [-0.39, 0.29) is 20.4 Å². The first kappa shape index (κ1) is 49.6. The summed E-state index contributed by atoms with van der Waals surface area (Å²) < 4.78 is 236. The van der Waals surface area contributed by atoms with Crippen LogP contribution in [0.3, 0.4) is 0 Å². The van der Waals surface area contributed by atoms with Crippen molar-refractivity contribution in [2.75, 3.05) is 0 Å². The number of hydrogen-bond donors (Lipinski definition) is 0. The molecule has 2 heterocycles. The van der Waals surface area contributed by atoms with Gasteiger partial charge in [0, 0.05) is 32.8 Å². The van der Waals surface area contributed by atoms with Crippen LogP contribution in [0.1, 0.15) is 0 Å². The van der Waals surface area contributed by atoms with E-state index >= 15 is 0 Å². The van der Waals surface area contributed by atoms with Gasteiger partial charge in [-0.15, -0.1) is 0 Å². The number of pyridine rings is 2. The minimum atomic E-state index is -6.09. The van der Waals surface area contributed by atoms with Gasteiger partial charge in [-0.25, -0.2) is 33.7 Å². The fraction of sp³-hybridized carbons (Fsp3) is 0.286. The largest absolute Gasteiger partial charge is 0.741 e. The minimum Gasteiger partial charge on any atom is -0.741 e. The number of hydrogen-bond acceptors (Lipinski definition) is 14. The van der Waals surface area contributed by atoms with Gasteiger partial charge in [-0.2, -0.15) is 52.7 Å². The summed E-state index contributed by atoms with van der Waals surface area (Å²) in [5, 5.41) is 0. The summed E-state index contributed by atoms with van der Waals surface area (Å²) in [5.74, 6) is 0. The normalized spacial score (nSPS) is 12.5. The van der Waals surface area contributed by atoms with E-state index in [1.807, 2.05) is 36.4 Å². The van der Waals surface area contributed by atoms with Crippen LogP contribution in [0.5, 0.6) is 0 Å². The predicted octanol–water partition coefficient (Wildman–Crippen LogP) is 2.35. The van der Waals surface area contributed by atoms with E-state index in [1.165, 1.54) is 0 Å². The molecule has 45 heavy (non-hydrogen) atoms. The van der Waals surface area contributed by atoms with Crippen molar-refractivity contribution in [2.24, 2.45) is 0 Å². The Bertz CT molecular complexity index is 1380. The molecule has 31 heteroatoms. The van der Waals surface area contributed by atoms with E-state index in [0.717, 1.165) is 11.4 Å². The van der Waals surface area contributed by atoms with Gasteiger partial charge in [0.05, 0.1) is 11.4 Å². The first-order chi connectivity index (χ1) is 19.0. The monoisotopic (exact) mass is 939 g/mol. The Morgan fingerprint density at radius 3 is 0.667 bits per heavy atom. The molecule has 0 aliphatic heterocycles. The molecule has 1 radical (unpaired) electrons. The summed E-state index contributed by atoms with van der Waals surface area (Å²) in [6.07, 6.45) is 3.54. The molecule has 0 amide bonds. The number of aromatic nitrogens is 2. The van der Waals surface area contributed by atoms with Crippen LogP contribution < -0.4 is 0 Å². The molecular weight excluding hydrogens is 931 g/mol. The van der Waals surface area contributed by atoms with E-state index in [0.29, 0.717) is 0 Å². The Labute approximate surface area is 257 Å². The Kier molecular flexibility index (Phi) is 20.1. The van der Waals surface area contributed by atoms with Crippen molar-refractivity contribution in [3.63, 3.8) is 0 Å². The zero-order chi connectivity index (χ0) is 36.2. The Balaban J connectivity index is -0.000000236. The van der Waals surface area contributed by atoms with E-state index in [9.17, 15) is 52.7 Å². The predicted molar refractivity (Wildman–Crippen MR) is 110 cm³/mol. The van der Waals surface area contributed by atoms with E-state index in [4.69, 9.17) is 51.9 Å². The maximum atomic E-state index is 10.7. The van der Waals surface area contributed by atoms with Crippen LogP contribution in [0.15, 0.2) is 48.8 Å². The van der Waals surface area contributed by atoms with Gasteiger partial charge in [0.15, 0.2) is 40.5 Å². The van der Waals surface area contributed by atoms with Crippen molar-refractivity contribution < 1.29 is 125 Å². The van der Waals surface area contributed by atoms with Gasteiger partial charge in [-0.3, -0.25) is 9.97 Å². The van der Waals surface area contributed by atoms with E-state index < -0.39 is 62.5 Å². The zero-order valence-electron chi connectivity index (χ0n) is 20.0. The van der Waals surface area contributed by atoms with Crippen LogP contribution in [0.2, 0.25) is 0 Å². The van der Waals surface area contributed by atoms with Crippen molar-refractivity contribution in [3.8, 4) is 11.4 Å². The molecule has 265 valence electrons. The van der Waals surface area contributed by atoms with Crippen LogP contribution in [-0.4, -0.2) is 83.9 Å². The van der Waals surface area contributed by atoms with Crippen molar-refractivity contribution in [2.45, 2.75) is 22.0 Å². The average Bonchev–Trinajstić information content (AvgIpc) is 2.77. The number of rotatable bonds is 1. The zero-order valence-corrected chi connectivity index (χ0v) is 25.9. The van der Waals surface area contributed by atoms with Crippen molar-refractivity contribution >= 4 is 40.5 Å². The van der Waals surface area contributed by atoms with Gasteiger partial charge >= 0.3 is 22.0 Å². The molecule has 0 saturated heterocycles. The van der Waals surface area contributed by atoms with Crippen LogP contribution >= 0.6 is 0 Å². The third-order valence-electron chi connectivity index (χ3n) is 2.73. The van der Waals surface area contributed by atoms with Gasteiger partial charge in [0.2, 0.25) is 0 Å². The Morgan fingerprint density at radius 1 is 0.422 bits per heavy atom. The number of alkyl halides is 12. The SMILES string of the molecule is O=S(=O)([O-])C(F)(F)F.O=S(=O)([O-])C(F)(F)F.O=S(=O)([O-])C(F)(F)F.O=S(=O)([O-])C(F)(F)F.[Re].c1ccc(-c2ccccn2)nc1. The summed E-state index contributed by atoms with van der Waals surface area (Å²) in [6, 6.07) is 11.6. The van der Waals surface area contributed by atoms with Crippen molar-refractivity contribution in [1.29, 1.82) is 0 Å². The molecule has 0 aromatic carbocycles. The molecule has 14 nitrogen and oxygen atoms in total. The molecule has 0 N–H and O–H groups in total. The summed E-state index contributed by atoms with van der Waals surface area (Å²) in [7, 11) is -24.4. The summed E-state index contributed by atoms with van der Waals surface area (Å²) in [4.78, 5) is 8.37. The molecule has 0 unspecified atom stereocenters. The summed E-state index contributed by atoms with van der Waals surface area (Å²) >= 11 is 0.